The normalized spacial score (nSPS) is 44.2. The van der Waals surface area contributed by atoms with Gasteiger partial charge in [-0.15, -0.1) is 0 Å². The van der Waals surface area contributed by atoms with Crippen molar-refractivity contribution in [2.45, 2.75) is 95.0 Å². The van der Waals surface area contributed by atoms with Crippen LogP contribution in [0.4, 0.5) is 0 Å². The van der Waals surface area contributed by atoms with Crippen LogP contribution < -0.4 is 10.6 Å². The van der Waals surface area contributed by atoms with Crippen molar-refractivity contribution < 1.29 is 4.74 Å². The maximum atomic E-state index is 6.09. The van der Waals surface area contributed by atoms with E-state index in [4.69, 9.17) is 9.73 Å². The van der Waals surface area contributed by atoms with Gasteiger partial charge in [-0.3, -0.25) is 4.99 Å². The topological polar surface area (TPSA) is 48.9 Å². The summed E-state index contributed by atoms with van der Waals surface area (Å²) in [6, 6.07) is 2.67. The first kappa shape index (κ1) is 17.3. The first-order chi connectivity index (χ1) is 12.7. The van der Waals surface area contributed by atoms with Gasteiger partial charge in [-0.05, 0) is 58.9 Å². The van der Waals surface area contributed by atoms with Crippen LogP contribution in [0.3, 0.4) is 0 Å². The van der Waals surface area contributed by atoms with Crippen LogP contribution in [0.5, 0.6) is 0 Å². The molecule has 0 amide bonds. The molecule has 5 fully saturated rings. The number of guanidine groups is 1. The number of nitrogens with zero attached hydrogens (tertiary/aromatic N) is 2. The summed E-state index contributed by atoms with van der Waals surface area (Å²) in [6.07, 6.45) is 12.5. The zero-order chi connectivity index (χ0) is 17.7. The molecule has 5 rings (SSSR count). The zero-order valence-electron chi connectivity index (χ0n) is 16.5. The minimum atomic E-state index is 0.417. The van der Waals surface area contributed by atoms with E-state index in [-0.39, 0.29) is 0 Å². The SMILES string of the molecule is CCN=C(NC1CC2CCCC(C1)N2C)NC1C2CCOC2C12CCC2. The third-order valence-electron chi connectivity index (χ3n) is 8.33. The van der Waals surface area contributed by atoms with Crippen molar-refractivity contribution in [3.8, 4) is 0 Å². The molecule has 2 bridgehead atoms. The molecule has 5 nitrogen and oxygen atoms in total. The molecule has 5 aliphatic rings. The fourth-order valence-corrected chi connectivity index (χ4v) is 6.82. The Morgan fingerprint density at radius 1 is 1.12 bits per heavy atom. The number of aliphatic imine (C=N–C) groups is 1. The van der Waals surface area contributed by atoms with E-state index < -0.39 is 0 Å². The van der Waals surface area contributed by atoms with Crippen molar-refractivity contribution in [3.63, 3.8) is 0 Å². The highest BCUT2D eigenvalue weighted by Crippen LogP contribution is 2.62. The maximum Gasteiger partial charge on any atom is 0.191 e. The van der Waals surface area contributed by atoms with E-state index in [2.05, 4.69) is 29.5 Å². The highest BCUT2D eigenvalue weighted by molar-refractivity contribution is 5.81. The maximum absolute atomic E-state index is 6.09. The van der Waals surface area contributed by atoms with E-state index in [1.807, 2.05) is 0 Å². The molecule has 5 unspecified atom stereocenters. The molecule has 5 heteroatoms. The van der Waals surface area contributed by atoms with E-state index in [9.17, 15) is 0 Å². The van der Waals surface area contributed by atoms with Crippen molar-refractivity contribution in [2.24, 2.45) is 16.3 Å². The third-order valence-corrected chi connectivity index (χ3v) is 8.33. The van der Waals surface area contributed by atoms with E-state index >= 15 is 0 Å². The third kappa shape index (κ3) is 2.61. The molecule has 3 saturated heterocycles. The lowest BCUT2D eigenvalue weighted by Crippen LogP contribution is -2.73. The average molecular weight is 361 g/mol. The second-order valence-electron chi connectivity index (χ2n) is 9.49. The van der Waals surface area contributed by atoms with Crippen LogP contribution >= 0.6 is 0 Å². The van der Waals surface area contributed by atoms with Crippen molar-refractivity contribution in [2.75, 3.05) is 20.2 Å². The van der Waals surface area contributed by atoms with Crippen LogP contribution in [-0.2, 0) is 4.74 Å². The molecule has 1 spiro atoms. The molecule has 26 heavy (non-hydrogen) atoms. The number of hydrogen-bond acceptors (Lipinski definition) is 3. The fourth-order valence-electron chi connectivity index (χ4n) is 6.82. The van der Waals surface area contributed by atoms with Crippen molar-refractivity contribution in [1.82, 2.24) is 15.5 Å². The lowest BCUT2D eigenvalue weighted by Gasteiger charge is -2.63. The molecule has 2 saturated carbocycles. The lowest BCUT2D eigenvalue weighted by molar-refractivity contribution is -0.171. The van der Waals surface area contributed by atoms with Crippen LogP contribution in [-0.4, -0.2) is 61.3 Å². The van der Waals surface area contributed by atoms with Crippen LogP contribution in [0.25, 0.3) is 0 Å². The number of hydrogen-bond donors (Lipinski definition) is 2. The molecule has 0 aromatic rings. The van der Waals surface area contributed by atoms with Gasteiger partial charge in [0.15, 0.2) is 5.96 Å². The Labute approximate surface area is 158 Å². The van der Waals surface area contributed by atoms with E-state index in [1.165, 1.54) is 57.8 Å². The molecule has 0 aromatic carbocycles. The second kappa shape index (κ2) is 6.66. The zero-order valence-corrected chi connectivity index (χ0v) is 16.5. The van der Waals surface area contributed by atoms with Gasteiger partial charge in [0.1, 0.15) is 0 Å². The largest absolute Gasteiger partial charge is 0.377 e. The number of rotatable bonds is 3. The minimum absolute atomic E-state index is 0.417. The van der Waals surface area contributed by atoms with Crippen LogP contribution in [0.15, 0.2) is 4.99 Å². The highest BCUT2D eigenvalue weighted by atomic mass is 16.5. The van der Waals surface area contributed by atoms with Crippen molar-refractivity contribution in [1.29, 1.82) is 0 Å². The van der Waals surface area contributed by atoms with Crippen LogP contribution in [0.1, 0.15) is 64.7 Å². The molecule has 0 aromatic heterocycles. The van der Waals surface area contributed by atoms with Crippen LogP contribution in [0, 0.1) is 11.3 Å². The Bertz CT molecular complexity index is 546. The lowest BCUT2D eigenvalue weighted by atomic mass is 9.46. The summed E-state index contributed by atoms with van der Waals surface area (Å²) >= 11 is 0. The Hall–Kier alpha value is -0.810. The van der Waals surface area contributed by atoms with E-state index in [1.54, 1.807) is 0 Å². The van der Waals surface area contributed by atoms with Gasteiger partial charge in [0, 0.05) is 48.7 Å². The first-order valence-corrected chi connectivity index (χ1v) is 11.1. The summed E-state index contributed by atoms with van der Waals surface area (Å²) in [4.78, 5) is 7.47. The summed E-state index contributed by atoms with van der Waals surface area (Å²) in [5.74, 6) is 1.78. The highest BCUT2D eigenvalue weighted by Gasteiger charge is 2.66. The number of ether oxygens (including phenoxy) is 1. The van der Waals surface area contributed by atoms with Crippen LogP contribution in [0.2, 0.25) is 0 Å². The number of nitrogens with one attached hydrogen (secondary N) is 2. The van der Waals surface area contributed by atoms with Crippen molar-refractivity contribution in [3.05, 3.63) is 0 Å². The predicted molar refractivity (Wildman–Crippen MR) is 104 cm³/mol. The molecule has 2 N–H and O–H groups in total. The molecule has 2 aliphatic carbocycles. The summed E-state index contributed by atoms with van der Waals surface area (Å²) in [5.41, 5.74) is 0.417. The second-order valence-corrected chi connectivity index (χ2v) is 9.49. The Balaban J connectivity index is 1.25. The fraction of sp³-hybridized carbons (Fsp3) is 0.952. The molecule has 5 atom stereocenters. The predicted octanol–water partition coefficient (Wildman–Crippen LogP) is 2.51. The molecule has 146 valence electrons. The van der Waals surface area contributed by atoms with Gasteiger partial charge in [0.05, 0.1) is 6.10 Å². The summed E-state index contributed by atoms with van der Waals surface area (Å²) in [7, 11) is 2.33. The van der Waals surface area contributed by atoms with Gasteiger partial charge in [-0.25, -0.2) is 0 Å². The van der Waals surface area contributed by atoms with Gasteiger partial charge >= 0.3 is 0 Å². The van der Waals surface area contributed by atoms with Gasteiger partial charge in [0.2, 0.25) is 0 Å². The minimum Gasteiger partial charge on any atom is -0.377 e. The Kier molecular flexibility index (Phi) is 4.43. The monoisotopic (exact) mass is 360 g/mol. The summed E-state index contributed by atoms with van der Waals surface area (Å²) in [6.45, 7) is 3.95. The standard InChI is InChI=1S/C21H36N4O/c1-3-22-20(23-14-12-15-6-4-7-16(13-14)25(15)2)24-18-17-8-11-26-19(17)21(18)9-5-10-21/h14-19H,3-13H2,1-2H3,(H2,22,23,24). The molecular formula is C21H36N4O. The van der Waals surface area contributed by atoms with E-state index in [0.717, 1.165) is 31.2 Å². The average Bonchev–Trinajstić information content (AvgIpc) is 2.97. The number of piperidine rings is 2. The quantitative estimate of drug-likeness (QED) is 0.600. The van der Waals surface area contributed by atoms with Gasteiger partial charge in [-0.1, -0.05) is 12.8 Å². The molecule has 3 heterocycles. The van der Waals surface area contributed by atoms with Gasteiger partial charge < -0.3 is 20.3 Å². The van der Waals surface area contributed by atoms with Gasteiger partial charge in [0.25, 0.3) is 0 Å². The Morgan fingerprint density at radius 2 is 1.88 bits per heavy atom. The summed E-state index contributed by atoms with van der Waals surface area (Å²) in [5, 5.41) is 7.73. The van der Waals surface area contributed by atoms with Crippen molar-refractivity contribution >= 4 is 5.96 Å². The Morgan fingerprint density at radius 3 is 2.54 bits per heavy atom. The number of fused-ring (bicyclic) bond motifs is 4. The molecular weight excluding hydrogens is 324 g/mol. The summed E-state index contributed by atoms with van der Waals surface area (Å²) < 4.78 is 6.09. The smallest absolute Gasteiger partial charge is 0.191 e. The van der Waals surface area contributed by atoms with Gasteiger partial charge in [-0.2, -0.15) is 0 Å². The molecule has 0 radical (unpaired) electrons. The molecule has 3 aliphatic heterocycles. The first-order valence-electron chi connectivity index (χ1n) is 11.1. The van der Waals surface area contributed by atoms with E-state index in [0.29, 0.717) is 29.5 Å².